The fraction of sp³-hybridized carbons (Fsp3) is 0.167. The first-order valence-electron chi connectivity index (χ1n) is 4.14. The van der Waals surface area contributed by atoms with Gasteiger partial charge in [-0.3, -0.25) is 0 Å². The molecule has 0 radical (unpaired) electrons. The van der Waals surface area contributed by atoms with Crippen LogP contribution in [0.4, 0.5) is 0 Å². The highest BCUT2D eigenvalue weighted by Gasteiger charge is 1.97. The Morgan fingerprint density at radius 1 is 1.46 bits per heavy atom. The summed E-state index contributed by atoms with van der Waals surface area (Å²) >= 11 is 0. The van der Waals surface area contributed by atoms with Gasteiger partial charge < -0.3 is 4.74 Å². The van der Waals surface area contributed by atoms with Crippen LogP contribution in [0.2, 0.25) is 0 Å². The number of para-hydroxylation sites is 1. The zero-order chi connectivity index (χ0) is 9.52. The van der Waals surface area contributed by atoms with Gasteiger partial charge in [0.15, 0.2) is 0 Å². The second-order valence-electron chi connectivity index (χ2n) is 2.47. The summed E-state index contributed by atoms with van der Waals surface area (Å²) in [5.41, 5.74) is 0.923. The molecule has 0 saturated heterocycles. The van der Waals surface area contributed by atoms with Gasteiger partial charge in [0.05, 0.1) is 5.56 Å². The number of hydrogen-bond donors (Lipinski definition) is 0. The standard InChI is InChI=1S/C12H12O/c1-3-7-11-8-5-6-9-12(11)13-10-4-2/h4-6,8-9H,2,10H2,1H3. The van der Waals surface area contributed by atoms with Crippen LogP contribution >= 0.6 is 0 Å². The van der Waals surface area contributed by atoms with Crippen molar-refractivity contribution in [3.8, 4) is 17.6 Å². The summed E-state index contributed by atoms with van der Waals surface area (Å²) in [5, 5.41) is 0. The predicted molar refractivity (Wildman–Crippen MR) is 54.7 cm³/mol. The Bertz CT molecular complexity index is 342. The van der Waals surface area contributed by atoms with E-state index < -0.39 is 0 Å². The van der Waals surface area contributed by atoms with Crippen molar-refractivity contribution in [2.24, 2.45) is 0 Å². The van der Waals surface area contributed by atoms with Crippen LogP contribution in [0.15, 0.2) is 36.9 Å². The number of benzene rings is 1. The lowest BCUT2D eigenvalue weighted by atomic mass is 10.2. The van der Waals surface area contributed by atoms with E-state index in [1.165, 1.54) is 0 Å². The quantitative estimate of drug-likeness (QED) is 0.503. The maximum Gasteiger partial charge on any atom is 0.135 e. The van der Waals surface area contributed by atoms with E-state index in [4.69, 9.17) is 4.74 Å². The van der Waals surface area contributed by atoms with Gasteiger partial charge in [0.1, 0.15) is 12.4 Å². The smallest absolute Gasteiger partial charge is 0.135 e. The van der Waals surface area contributed by atoms with Crippen molar-refractivity contribution in [3.63, 3.8) is 0 Å². The average Bonchev–Trinajstić information content (AvgIpc) is 2.17. The van der Waals surface area contributed by atoms with Gasteiger partial charge in [-0.2, -0.15) is 0 Å². The molecule has 0 atom stereocenters. The summed E-state index contributed by atoms with van der Waals surface area (Å²) in [6.07, 6.45) is 1.72. The zero-order valence-corrected chi connectivity index (χ0v) is 7.71. The molecule has 0 aliphatic carbocycles. The van der Waals surface area contributed by atoms with Crippen LogP contribution in [0.1, 0.15) is 12.5 Å². The molecule has 66 valence electrons. The molecule has 0 aliphatic rings. The fourth-order valence-corrected chi connectivity index (χ4v) is 0.979. The molecular formula is C12H12O. The van der Waals surface area contributed by atoms with Crippen LogP contribution in [0, 0.1) is 11.8 Å². The normalized spacial score (nSPS) is 8.38. The molecule has 1 aromatic rings. The SMILES string of the molecule is C=CCOc1ccccc1C#CC. The Kier molecular flexibility index (Phi) is 3.66. The molecule has 0 amide bonds. The fourth-order valence-electron chi connectivity index (χ4n) is 0.979. The maximum absolute atomic E-state index is 5.42. The molecule has 0 heterocycles. The highest BCUT2D eigenvalue weighted by Crippen LogP contribution is 2.16. The first-order chi connectivity index (χ1) is 6.38. The second-order valence-corrected chi connectivity index (χ2v) is 2.47. The first kappa shape index (κ1) is 9.41. The minimum absolute atomic E-state index is 0.516. The van der Waals surface area contributed by atoms with E-state index in [-0.39, 0.29) is 0 Å². The van der Waals surface area contributed by atoms with Crippen LogP contribution < -0.4 is 4.74 Å². The van der Waals surface area contributed by atoms with E-state index in [1.54, 1.807) is 6.08 Å². The summed E-state index contributed by atoms with van der Waals surface area (Å²) in [6.45, 7) is 5.92. The lowest BCUT2D eigenvalue weighted by molar-refractivity contribution is 0.362. The van der Waals surface area contributed by atoms with Gasteiger partial charge in [-0.15, -0.1) is 5.92 Å². The second kappa shape index (κ2) is 5.05. The molecule has 0 N–H and O–H groups in total. The Morgan fingerprint density at radius 2 is 2.23 bits per heavy atom. The van der Waals surface area contributed by atoms with Gasteiger partial charge in [0.25, 0.3) is 0 Å². The summed E-state index contributed by atoms with van der Waals surface area (Å²) in [4.78, 5) is 0. The third-order valence-electron chi connectivity index (χ3n) is 1.50. The van der Waals surface area contributed by atoms with Crippen molar-refractivity contribution < 1.29 is 4.74 Å². The number of hydrogen-bond acceptors (Lipinski definition) is 1. The highest BCUT2D eigenvalue weighted by atomic mass is 16.5. The van der Waals surface area contributed by atoms with Crippen molar-refractivity contribution in [2.75, 3.05) is 6.61 Å². The predicted octanol–water partition coefficient (Wildman–Crippen LogP) is 2.62. The van der Waals surface area contributed by atoms with Crippen molar-refractivity contribution >= 4 is 0 Å². The summed E-state index contributed by atoms with van der Waals surface area (Å²) in [5.74, 6) is 6.64. The van der Waals surface area contributed by atoms with Gasteiger partial charge in [-0.05, 0) is 19.1 Å². The lowest BCUT2D eigenvalue weighted by Crippen LogP contribution is -1.94. The molecule has 0 unspecified atom stereocenters. The van der Waals surface area contributed by atoms with E-state index in [2.05, 4.69) is 18.4 Å². The third-order valence-corrected chi connectivity index (χ3v) is 1.50. The Hall–Kier alpha value is -1.68. The average molecular weight is 172 g/mol. The molecule has 0 aromatic heterocycles. The molecule has 0 spiro atoms. The first-order valence-corrected chi connectivity index (χ1v) is 4.14. The lowest BCUT2D eigenvalue weighted by Gasteiger charge is -2.04. The minimum atomic E-state index is 0.516. The molecule has 0 fully saturated rings. The molecule has 0 aliphatic heterocycles. The summed E-state index contributed by atoms with van der Waals surface area (Å²) < 4.78 is 5.42. The monoisotopic (exact) mass is 172 g/mol. The van der Waals surface area contributed by atoms with E-state index in [0.29, 0.717) is 6.61 Å². The van der Waals surface area contributed by atoms with Crippen LogP contribution in [-0.4, -0.2) is 6.61 Å². The van der Waals surface area contributed by atoms with Crippen LogP contribution in [0.25, 0.3) is 0 Å². The topological polar surface area (TPSA) is 9.23 Å². The third kappa shape index (κ3) is 2.68. The van der Waals surface area contributed by atoms with E-state index in [9.17, 15) is 0 Å². The van der Waals surface area contributed by atoms with E-state index >= 15 is 0 Å². The van der Waals surface area contributed by atoms with Crippen molar-refractivity contribution in [2.45, 2.75) is 6.92 Å². The van der Waals surface area contributed by atoms with Crippen LogP contribution in [0.5, 0.6) is 5.75 Å². The minimum Gasteiger partial charge on any atom is -0.488 e. The zero-order valence-electron chi connectivity index (χ0n) is 7.71. The van der Waals surface area contributed by atoms with Crippen molar-refractivity contribution in [1.82, 2.24) is 0 Å². The molecule has 13 heavy (non-hydrogen) atoms. The molecule has 0 bridgehead atoms. The van der Waals surface area contributed by atoms with Gasteiger partial charge in [-0.1, -0.05) is 30.7 Å². The van der Waals surface area contributed by atoms with Crippen LogP contribution in [-0.2, 0) is 0 Å². The van der Waals surface area contributed by atoms with Gasteiger partial charge in [-0.25, -0.2) is 0 Å². The largest absolute Gasteiger partial charge is 0.488 e. The molecule has 1 nitrogen and oxygen atoms in total. The Morgan fingerprint density at radius 3 is 2.92 bits per heavy atom. The maximum atomic E-state index is 5.42. The summed E-state index contributed by atoms with van der Waals surface area (Å²) in [6, 6.07) is 7.72. The molecule has 0 saturated carbocycles. The van der Waals surface area contributed by atoms with Crippen molar-refractivity contribution in [1.29, 1.82) is 0 Å². The summed E-state index contributed by atoms with van der Waals surface area (Å²) in [7, 11) is 0. The Labute approximate surface area is 79.0 Å². The van der Waals surface area contributed by atoms with Gasteiger partial charge in [0.2, 0.25) is 0 Å². The van der Waals surface area contributed by atoms with Crippen molar-refractivity contribution in [3.05, 3.63) is 42.5 Å². The Balaban J connectivity index is 2.88. The van der Waals surface area contributed by atoms with E-state index in [0.717, 1.165) is 11.3 Å². The molecule has 1 heteroatoms. The molecule has 1 aromatic carbocycles. The number of rotatable bonds is 3. The molecule has 1 rings (SSSR count). The van der Waals surface area contributed by atoms with E-state index in [1.807, 2.05) is 31.2 Å². The number of ether oxygens (including phenoxy) is 1. The molecular weight excluding hydrogens is 160 g/mol. The van der Waals surface area contributed by atoms with Gasteiger partial charge in [0, 0.05) is 0 Å². The van der Waals surface area contributed by atoms with Crippen LogP contribution in [0.3, 0.4) is 0 Å². The van der Waals surface area contributed by atoms with Gasteiger partial charge >= 0.3 is 0 Å². The highest BCUT2D eigenvalue weighted by molar-refractivity contribution is 5.45.